The summed E-state index contributed by atoms with van der Waals surface area (Å²) in [5.41, 5.74) is 1.37. The normalized spacial score (nSPS) is 16.1. The zero-order valence-electron chi connectivity index (χ0n) is 9.47. The molecule has 0 spiro atoms. The summed E-state index contributed by atoms with van der Waals surface area (Å²) in [6.45, 7) is 2.51. The van der Waals surface area contributed by atoms with E-state index in [1.54, 1.807) is 22.4 Å². The van der Waals surface area contributed by atoms with Gasteiger partial charge in [0.25, 0.3) is 0 Å². The molecule has 0 bridgehead atoms. The predicted octanol–water partition coefficient (Wildman–Crippen LogP) is 2.61. The third-order valence-electron chi connectivity index (χ3n) is 2.70. The summed E-state index contributed by atoms with van der Waals surface area (Å²) in [6, 6.07) is 0. The molecule has 4 nitrogen and oxygen atoms in total. The lowest BCUT2D eigenvalue weighted by molar-refractivity contribution is -0.117. The molecule has 2 rings (SSSR count). The van der Waals surface area contributed by atoms with Gasteiger partial charge in [-0.15, -0.1) is 11.3 Å². The Morgan fingerprint density at radius 3 is 2.88 bits per heavy atom. The first kappa shape index (κ1) is 11.9. The standard InChI is InChI=1S/C12H13NO3S/c1-2-4-8-9(7-17-11(8)12(15)16)13-6-3-5-10(13)14/h2,4,7H,3,5-6H2,1H3,(H,15,16). The van der Waals surface area contributed by atoms with E-state index in [9.17, 15) is 9.59 Å². The van der Waals surface area contributed by atoms with Crippen LogP contribution in [0.25, 0.3) is 6.08 Å². The van der Waals surface area contributed by atoms with Crippen LogP contribution in [-0.2, 0) is 4.79 Å². The summed E-state index contributed by atoms with van der Waals surface area (Å²) in [5, 5.41) is 10.8. The Morgan fingerprint density at radius 1 is 1.59 bits per heavy atom. The first-order chi connectivity index (χ1) is 8.15. The van der Waals surface area contributed by atoms with Gasteiger partial charge in [-0.1, -0.05) is 12.2 Å². The molecule has 1 N–H and O–H groups in total. The van der Waals surface area contributed by atoms with Gasteiger partial charge in [-0.05, 0) is 13.3 Å². The van der Waals surface area contributed by atoms with Crippen molar-refractivity contribution in [1.82, 2.24) is 0 Å². The molecule has 1 saturated heterocycles. The van der Waals surface area contributed by atoms with Gasteiger partial charge < -0.3 is 10.0 Å². The van der Waals surface area contributed by atoms with Crippen LogP contribution < -0.4 is 4.90 Å². The average molecular weight is 251 g/mol. The first-order valence-corrected chi connectivity index (χ1v) is 6.31. The van der Waals surface area contributed by atoms with Gasteiger partial charge in [-0.3, -0.25) is 4.79 Å². The molecule has 1 amide bonds. The quantitative estimate of drug-likeness (QED) is 0.898. The number of carbonyl (C=O) groups excluding carboxylic acids is 1. The number of thiophene rings is 1. The summed E-state index contributed by atoms with van der Waals surface area (Å²) in [7, 11) is 0. The second-order valence-electron chi connectivity index (χ2n) is 3.82. The molecule has 0 aromatic carbocycles. The summed E-state index contributed by atoms with van der Waals surface area (Å²) < 4.78 is 0. The molecule has 0 radical (unpaired) electrons. The van der Waals surface area contributed by atoms with Crippen molar-refractivity contribution in [2.75, 3.05) is 11.4 Å². The number of hydrogen-bond donors (Lipinski definition) is 1. The predicted molar refractivity (Wildman–Crippen MR) is 67.6 cm³/mol. The Hall–Kier alpha value is -1.62. The molecule has 17 heavy (non-hydrogen) atoms. The van der Waals surface area contributed by atoms with Gasteiger partial charge in [0.15, 0.2) is 0 Å². The SMILES string of the molecule is CC=Cc1c(N2CCCC2=O)csc1C(=O)O. The van der Waals surface area contributed by atoms with Crippen LogP contribution >= 0.6 is 11.3 Å². The molecule has 1 aromatic rings. The average Bonchev–Trinajstić information content (AvgIpc) is 2.85. The number of nitrogens with zero attached hydrogens (tertiary/aromatic N) is 1. The Morgan fingerprint density at radius 2 is 2.35 bits per heavy atom. The number of anilines is 1. The van der Waals surface area contributed by atoms with Crippen LogP contribution in [0.15, 0.2) is 11.5 Å². The fourth-order valence-corrected chi connectivity index (χ4v) is 2.85. The van der Waals surface area contributed by atoms with Crippen LogP contribution in [0, 0.1) is 0 Å². The van der Waals surface area contributed by atoms with Crippen molar-refractivity contribution in [3.8, 4) is 0 Å². The fourth-order valence-electron chi connectivity index (χ4n) is 1.96. The fraction of sp³-hybridized carbons (Fsp3) is 0.333. The maximum absolute atomic E-state index is 11.7. The highest BCUT2D eigenvalue weighted by Crippen LogP contribution is 2.34. The largest absolute Gasteiger partial charge is 0.477 e. The van der Waals surface area contributed by atoms with Crippen molar-refractivity contribution in [2.45, 2.75) is 19.8 Å². The lowest BCUT2D eigenvalue weighted by Crippen LogP contribution is -2.24. The van der Waals surface area contributed by atoms with Crippen molar-refractivity contribution >= 4 is 35.0 Å². The minimum Gasteiger partial charge on any atom is -0.477 e. The van der Waals surface area contributed by atoms with Crippen molar-refractivity contribution in [2.24, 2.45) is 0 Å². The van der Waals surface area contributed by atoms with E-state index in [2.05, 4.69) is 0 Å². The van der Waals surface area contributed by atoms with E-state index in [0.29, 0.717) is 18.5 Å². The summed E-state index contributed by atoms with van der Waals surface area (Å²) in [5.74, 6) is -0.869. The van der Waals surface area contributed by atoms with Crippen LogP contribution in [0.5, 0.6) is 0 Å². The Bertz CT molecular complexity index is 490. The van der Waals surface area contributed by atoms with Gasteiger partial charge in [-0.2, -0.15) is 0 Å². The highest BCUT2D eigenvalue weighted by molar-refractivity contribution is 7.12. The van der Waals surface area contributed by atoms with Crippen LogP contribution in [-0.4, -0.2) is 23.5 Å². The molecule has 5 heteroatoms. The molecule has 1 aliphatic rings. The van der Waals surface area contributed by atoms with Gasteiger partial charge >= 0.3 is 5.97 Å². The number of carboxylic acids is 1. The van der Waals surface area contributed by atoms with Crippen LogP contribution in [0.1, 0.15) is 35.0 Å². The zero-order chi connectivity index (χ0) is 12.4. The van der Waals surface area contributed by atoms with Crippen molar-refractivity contribution in [3.05, 3.63) is 21.9 Å². The van der Waals surface area contributed by atoms with Gasteiger partial charge in [-0.25, -0.2) is 4.79 Å². The second-order valence-corrected chi connectivity index (χ2v) is 4.70. The van der Waals surface area contributed by atoms with E-state index in [-0.39, 0.29) is 10.8 Å². The number of aromatic carboxylic acids is 1. The number of amides is 1. The summed E-state index contributed by atoms with van der Waals surface area (Å²) in [4.78, 5) is 24.7. The van der Waals surface area contributed by atoms with Crippen LogP contribution in [0.2, 0.25) is 0 Å². The number of carboxylic acid groups (broad SMARTS) is 1. The molecule has 1 aromatic heterocycles. The highest BCUT2D eigenvalue weighted by atomic mass is 32.1. The molecule has 90 valence electrons. The number of allylic oxidation sites excluding steroid dienone is 1. The van der Waals surface area contributed by atoms with E-state index in [4.69, 9.17) is 5.11 Å². The minimum absolute atomic E-state index is 0.0745. The Kier molecular flexibility index (Phi) is 3.28. The molecular weight excluding hydrogens is 238 g/mol. The second kappa shape index (κ2) is 4.71. The number of rotatable bonds is 3. The number of carbonyl (C=O) groups is 2. The lowest BCUT2D eigenvalue weighted by atomic mass is 10.2. The Labute approximate surface area is 103 Å². The van der Waals surface area contributed by atoms with E-state index in [1.165, 1.54) is 11.3 Å². The molecule has 0 aliphatic carbocycles. The summed E-state index contributed by atoms with van der Waals surface area (Å²) >= 11 is 1.17. The van der Waals surface area contributed by atoms with Crippen molar-refractivity contribution in [1.29, 1.82) is 0 Å². The van der Waals surface area contributed by atoms with Crippen molar-refractivity contribution in [3.63, 3.8) is 0 Å². The molecule has 1 fully saturated rings. The van der Waals surface area contributed by atoms with E-state index < -0.39 is 5.97 Å². The maximum atomic E-state index is 11.7. The van der Waals surface area contributed by atoms with Gasteiger partial charge in [0.2, 0.25) is 5.91 Å². The van der Waals surface area contributed by atoms with Gasteiger partial charge in [0.1, 0.15) is 4.88 Å². The van der Waals surface area contributed by atoms with E-state index in [1.807, 2.05) is 6.92 Å². The molecular formula is C12H13NO3S. The lowest BCUT2D eigenvalue weighted by Gasteiger charge is -2.15. The van der Waals surface area contributed by atoms with E-state index in [0.717, 1.165) is 12.1 Å². The van der Waals surface area contributed by atoms with Gasteiger partial charge in [0, 0.05) is 23.9 Å². The molecule has 0 atom stereocenters. The Balaban J connectivity index is 2.47. The molecule has 1 aliphatic heterocycles. The third-order valence-corrected chi connectivity index (χ3v) is 3.67. The molecule has 0 unspecified atom stereocenters. The van der Waals surface area contributed by atoms with Crippen LogP contribution in [0.4, 0.5) is 5.69 Å². The third kappa shape index (κ3) is 2.10. The van der Waals surface area contributed by atoms with Crippen molar-refractivity contribution < 1.29 is 14.7 Å². The first-order valence-electron chi connectivity index (χ1n) is 5.43. The molecule has 2 heterocycles. The monoisotopic (exact) mass is 251 g/mol. The van der Waals surface area contributed by atoms with Gasteiger partial charge in [0.05, 0.1) is 5.69 Å². The highest BCUT2D eigenvalue weighted by Gasteiger charge is 2.26. The molecule has 0 saturated carbocycles. The van der Waals surface area contributed by atoms with Crippen LogP contribution in [0.3, 0.4) is 0 Å². The topological polar surface area (TPSA) is 57.6 Å². The summed E-state index contributed by atoms with van der Waals surface area (Å²) in [6.07, 6.45) is 4.93. The van der Waals surface area contributed by atoms with E-state index >= 15 is 0 Å². The number of hydrogen-bond acceptors (Lipinski definition) is 3. The zero-order valence-corrected chi connectivity index (χ0v) is 10.3. The maximum Gasteiger partial charge on any atom is 0.346 e. The smallest absolute Gasteiger partial charge is 0.346 e. The minimum atomic E-state index is -0.944.